The molecule has 0 aromatic heterocycles. The Balaban J connectivity index is 1.34. The topological polar surface area (TPSA) is 111 Å². The van der Waals surface area contributed by atoms with Crippen LogP contribution in [0.2, 0.25) is 0 Å². The molecule has 0 radical (unpaired) electrons. The minimum atomic E-state index is -0.620. The third-order valence-electron chi connectivity index (χ3n) is 6.69. The van der Waals surface area contributed by atoms with Gasteiger partial charge in [0.1, 0.15) is 6.10 Å². The molecule has 6 atom stereocenters. The average Bonchev–Trinajstić information content (AvgIpc) is 3.49. The summed E-state index contributed by atoms with van der Waals surface area (Å²) in [5.41, 5.74) is 2.61. The molecule has 0 N–H and O–H groups in total. The van der Waals surface area contributed by atoms with E-state index in [-0.39, 0.29) is 23.4 Å². The number of hydrogen-bond acceptors (Lipinski definition) is 7. The lowest BCUT2D eigenvalue weighted by Crippen LogP contribution is -2.45. The minimum Gasteiger partial charge on any atom is -0.389 e. The Bertz CT molecular complexity index is 1180. The number of carbonyl (C=O) groups excluding carboxylic acids is 2. The molecule has 3 fully saturated rings. The lowest BCUT2D eigenvalue weighted by Gasteiger charge is -2.26. The van der Waals surface area contributed by atoms with Crippen molar-refractivity contribution in [3.8, 4) is 0 Å². The lowest BCUT2D eigenvalue weighted by atomic mass is 9.71. The zero-order chi connectivity index (χ0) is 21.4. The van der Waals surface area contributed by atoms with E-state index in [0.29, 0.717) is 17.0 Å². The van der Waals surface area contributed by atoms with Gasteiger partial charge in [0.25, 0.3) is 5.69 Å². The highest BCUT2D eigenvalue weighted by atomic mass is 16.7. The number of nitro benzene ring substituents is 1. The number of rotatable bonds is 3. The number of anilines is 1. The highest BCUT2D eigenvalue weighted by Gasteiger charge is 2.72. The number of nitrogens with zero attached hydrogens (tertiary/aromatic N) is 3. The number of ether oxygens (including phenoxy) is 1. The third kappa shape index (κ3) is 2.37. The highest BCUT2D eigenvalue weighted by molar-refractivity contribution is 6.23. The molecule has 4 heterocycles. The molecular weight excluding hydrogens is 402 g/mol. The molecule has 4 aliphatic heterocycles. The maximum Gasteiger partial charge on any atom is 0.270 e. The maximum absolute atomic E-state index is 13.3. The van der Waals surface area contributed by atoms with Crippen molar-refractivity contribution in [1.29, 1.82) is 0 Å². The van der Waals surface area contributed by atoms with E-state index in [2.05, 4.69) is 5.16 Å². The van der Waals surface area contributed by atoms with Crippen molar-refractivity contribution in [3.63, 3.8) is 0 Å². The van der Waals surface area contributed by atoms with Crippen molar-refractivity contribution >= 4 is 28.9 Å². The fourth-order valence-electron chi connectivity index (χ4n) is 5.32. The molecule has 0 saturated carbocycles. The molecule has 9 nitrogen and oxygen atoms in total. The van der Waals surface area contributed by atoms with Gasteiger partial charge in [-0.15, -0.1) is 0 Å². The summed E-state index contributed by atoms with van der Waals surface area (Å²) in [6.07, 6.45) is -1.63. The summed E-state index contributed by atoms with van der Waals surface area (Å²) in [4.78, 5) is 44.1. The molecule has 4 aliphatic rings. The van der Waals surface area contributed by atoms with Crippen LogP contribution in [0.1, 0.15) is 11.1 Å². The van der Waals surface area contributed by atoms with Crippen LogP contribution in [0.4, 0.5) is 11.4 Å². The Kier molecular flexibility index (Phi) is 3.64. The van der Waals surface area contributed by atoms with Crippen LogP contribution in [0.15, 0.2) is 53.7 Å². The smallest absolute Gasteiger partial charge is 0.270 e. The first-order valence-electron chi connectivity index (χ1n) is 10.0. The molecule has 2 amide bonds. The summed E-state index contributed by atoms with van der Waals surface area (Å²) >= 11 is 0. The van der Waals surface area contributed by atoms with Crippen LogP contribution < -0.4 is 4.90 Å². The molecule has 156 valence electrons. The van der Waals surface area contributed by atoms with Gasteiger partial charge in [0.15, 0.2) is 6.10 Å². The summed E-state index contributed by atoms with van der Waals surface area (Å²) < 4.78 is 6.07. The van der Waals surface area contributed by atoms with Crippen LogP contribution in [0.25, 0.3) is 0 Å². The fourth-order valence-corrected chi connectivity index (χ4v) is 5.32. The van der Waals surface area contributed by atoms with Crippen LogP contribution in [0, 0.1) is 34.8 Å². The number of oxime groups is 1. The monoisotopic (exact) mass is 419 g/mol. The molecule has 2 aromatic rings. The molecule has 31 heavy (non-hydrogen) atoms. The number of carbonyl (C=O) groups is 2. The van der Waals surface area contributed by atoms with E-state index in [1.54, 1.807) is 24.3 Å². The van der Waals surface area contributed by atoms with Gasteiger partial charge in [0, 0.05) is 17.7 Å². The zero-order valence-electron chi connectivity index (χ0n) is 16.4. The minimum absolute atomic E-state index is 0.0525. The van der Waals surface area contributed by atoms with Gasteiger partial charge >= 0.3 is 0 Å². The Morgan fingerprint density at radius 1 is 0.968 bits per heavy atom. The van der Waals surface area contributed by atoms with Gasteiger partial charge < -0.3 is 9.57 Å². The van der Waals surface area contributed by atoms with Crippen molar-refractivity contribution in [2.45, 2.75) is 25.2 Å². The quantitative estimate of drug-likeness (QED) is 0.428. The van der Waals surface area contributed by atoms with E-state index in [1.807, 2.05) is 19.1 Å². The molecule has 0 aliphatic carbocycles. The van der Waals surface area contributed by atoms with E-state index in [9.17, 15) is 19.7 Å². The van der Waals surface area contributed by atoms with Crippen LogP contribution in [0.5, 0.6) is 0 Å². The average molecular weight is 419 g/mol. The summed E-state index contributed by atoms with van der Waals surface area (Å²) in [7, 11) is 0. The van der Waals surface area contributed by atoms with Crippen molar-refractivity contribution in [3.05, 3.63) is 69.8 Å². The number of benzene rings is 2. The summed E-state index contributed by atoms with van der Waals surface area (Å²) in [6, 6.07) is 13.4. The summed E-state index contributed by atoms with van der Waals surface area (Å²) in [5.74, 6) is -2.15. The van der Waals surface area contributed by atoms with Crippen molar-refractivity contribution < 1.29 is 24.1 Å². The number of aryl methyl sites for hydroxylation is 1. The molecule has 3 saturated heterocycles. The number of hydrogen-bond donors (Lipinski definition) is 0. The molecule has 0 spiro atoms. The SMILES string of the molecule is Cc1ccc(N2C(=O)[C@@H]3[C@H]4O[C@@H]([C@H]5ON=C(c6cccc([N+](=O)[O-])c6)[C@@H]54)[C@@H]3C2=O)cc1. The van der Waals surface area contributed by atoms with Crippen LogP contribution in [-0.2, 0) is 19.2 Å². The third-order valence-corrected chi connectivity index (χ3v) is 6.69. The lowest BCUT2D eigenvalue weighted by molar-refractivity contribution is -0.384. The van der Waals surface area contributed by atoms with E-state index in [4.69, 9.17) is 9.57 Å². The van der Waals surface area contributed by atoms with Crippen LogP contribution in [0.3, 0.4) is 0 Å². The first kappa shape index (κ1) is 18.2. The maximum atomic E-state index is 13.3. The molecule has 6 rings (SSSR count). The molecule has 0 unspecified atom stereocenters. The largest absolute Gasteiger partial charge is 0.389 e. The molecule has 2 bridgehead atoms. The standard InChI is InChI=1S/C22H17N3O6/c1-10-5-7-12(8-6-10)24-21(26)14-15(22(24)27)19-20-16(18(14)30-19)17(23-31-20)11-3-2-4-13(9-11)25(28)29/h2-9,14-16,18-20H,1H3/t14-,15+,16+,18+,19+,20-/m0/s1. The van der Waals surface area contributed by atoms with Gasteiger partial charge in [0.05, 0.1) is 40.2 Å². The fraction of sp³-hybridized carbons (Fsp3) is 0.318. The Morgan fingerprint density at radius 3 is 2.39 bits per heavy atom. The Hall–Kier alpha value is -3.59. The second-order valence-electron chi connectivity index (χ2n) is 8.34. The Labute approximate surface area is 176 Å². The second kappa shape index (κ2) is 6.21. The summed E-state index contributed by atoms with van der Waals surface area (Å²) in [6.45, 7) is 1.94. The predicted molar refractivity (Wildman–Crippen MR) is 107 cm³/mol. The van der Waals surface area contributed by atoms with Crippen molar-refractivity contribution in [1.82, 2.24) is 0 Å². The van der Waals surface area contributed by atoms with E-state index in [1.165, 1.54) is 17.0 Å². The van der Waals surface area contributed by atoms with Crippen molar-refractivity contribution in [2.24, 2.45) is 22.9 Å². The van der Waals surface area contributed by atoms with Crippen LogP contribution >= 0.6 is 0 Å². The molecular formula is C22H17N3O6. The number of nitro groups is 1. The summed E-state index contributed by atoms with van der Waals surface area (Å²) in [5, 5.41) is 15.3. The Morgan fingerprint density at radius 2 is 1.68 bits per heavy atom. The van der Waals surface area contributed by atoms with Gasteiger partial charge in [-0.1, -0.05) is 35.0 Å². The first-order chi connectivity index (χ1) is 15.0. The van der Waals surface area contributed by atoms with Crippen molar-refractivity contribution in [2.75, 3.05) is 4.90 Å². The first-order valence-corrected chi connectivity index (χ1v) is 10.0. The predicted octanol–water partition coefficient (Wildman–Crippen LogP) is 2.21. The molecule has 2 aromatic carbocycles. The number of non-ortho nitro benzene ring substituents is 1. The normalized spacial score (nSPS) is 32.7. The highest BCUT2D eigenvalue weighted by Crippen LogP contribution is 2.55. The second-order valence-corrected chi connectivity index (χ2v) is 8.34. The van der Waals surface area contributed by atoms with E-state index < -0.39 is 35.1 Å². The number of fused-ring (bicyclic) bond motifs is 8. The van der Waals surface area contributed by atoms with Gasteiger partial charge in [0.2, 0.25) is 11.8 Å². The van der Waals surface area contributed by atoms with E-state index >= 15 is 0 Å². The zero-order valence-corrected chi connectivity index (χ0v) is 16.4. The van der Waals surface area contributed by atoms with Gasteiger partial charge in [-0.3, -0.25) is 19.7 Å². The number of imide groups is 1. The number of amides is 2. The van der Waals surface area contributed by atoms with Gasteiger partial charge in [-0.05, 0) is 19.1 Å². The van der Waals surface area contributed by atoms with Gasteiger partial charge in [-0.2, -0.15) is 0 Å². The van der Waals surface area contributed by atoms with Crippen LogP contribution in [-0.4, -0.2) is 40.8 Å². The van der Waals surface area contributed by atoms with Gasteiger partial charge in [-0.25, -0.2) is 4.90 Å². The van der Waals surface area contributed by atoms with E-state index in [0.717, 1.165) is 5.56 Å². The molecule has 9 heteroatoms.